The highest BCUT2D eigenvalue weighted by Crippen LogP contribution is 2.26. The van der Waals surface area contributed by atoms with Crippen LogP contribution in [-0.4, -0.2) is 38.8 Å². The van der Waals surface area contributed by atoms with E-state index in [1.54, 1.807) is 0 Å². The molecule has 2 unspecified atom stereocenters. The topological polar surface area (TPSA) is 72.8 Å². The zero-order valence-electron chi connectivity index (χ0n) is 9.46. The van der Waals surface area contributed by atoms with Gasteiger partial charge in [0.15, 0.2) is 6.29 Å². The summed E-state index contributed by atoms with van der Waals surface area (Å²) >= 11 is 0. The van der Waals surface area contributed by atoms with E-state index in [1.807, 2.05) is 6.92 Å². The number of rotatable bonds is 1. The van der Waals surface area contributed by atoms with Crippen LogP contribution in [0.4, 0.5) is 0 Å². The third-order valence-corrected chi connectivity index (χ3v) is 2.64. The number of aliphatic hydroxyl groups is 1. The first-order chi connectivity index (χ1) is 7.16. The molecule has 16 heavy (non-hydrogen) atoms. The average Bonchev–Trinajstić information content (AvgIpc) is 2.12. The Bertz CT molecular complexity index is 287. The Kier molecular flexibility index (Phi) is 7.33. The summed E-state index contributed by atoms with van der Waals surface area (Å²) in [5.74, 6) is 0.649. The predicted octanol–water partition coefficient (Wildman–Crippen LogP) is 0.967. The molecule has 1 rings (SSSR count). The Labute approximate surface area is 103 Å². The van der Waals surface area contributed by atoms with Gasteiger partial charge in [-0.3, -0.25) is 0 Å². The molecule has 1 N–H and O–H groups in total. The zero-order chi connectivity index (χ0) is 12.9. The van der Waals surface area contributed by atoms with Gasteiger partial charge in [-0.15, -0.1) is 0 Å². The van der Waals surface area contributed by atoms with Crippen molar-refractivity contribution >= 4 is 29.2 Å². The Hall–Kier alpha value is 0.550. The molecule has 8 heteroatoms. The van der Waals surface area contributed by atoms with Crippen molar-refractivity contribution in [3.63, 3.8) is 0 Å². The van der Waals surface area contributed by atoms with Gasteiger partial charge in [-0.05, 0) is 11.8 Å². The van der Waals surface area contributed by atoms with Gasteiger partial charge in [0.05, 0.1) is 12.9 Å². The van der Waals surface area contributed by atoms with Crippen LogP contribution in [0.3, 0.4) is 0 Å². The summed E-state index contributed by atoms with van der Waals surface area (Å²) in [6.07, 6.45) is -0.0448. The van der Waals surface area contributed by atoms with Crippen molar-refractivity contribution in [2.45, 2.75) is 26.2 Å². The smallest absolute Gasteiger partial charge is 0.229 e. The van der Waals surface area contributed by atoms with Gasteiger partial charge >= 0.3 is 0 Å². The molecule has 1 saturated heterocycles. The minimum Gasteiger partial charge on any atom is -0.388 e. The first-order valence-corrected chi connectivity index (χ1v) is 7.90. The summed E-state index contributed by atoms with van der Waals surface area (Å²) < 4.78 is 28.9. The van der Waals surface area contributed by atoms with Crippen LogP contribution in [-0.2, 0) is 18.3 Å². The normalized spacial score (nSPS) is 35.1. The molecule has 0 aromatic carbocycles. The quantitative estimate of drug-likeness (QED) is 0.576. The molecule has 5 atom stereocenters. The van der Waals surface area contributed by atoms with Crippen LogP contribution in [0.5, 0.6) is 0 Å². The molecule has 0 amide bonds. The number of ether oxygens (including phenoxy) is 1. The van der Waals surface area contributed by atoms with Crippen molar-refractivity contribution < 1.29 is 22.8 Å². The molecule has 0 bridgehead atoms. The first-order valence-electron chi connectivity index (χ1n) is 4.71. The van der Waals surface area contributed by atoms with E-state index >= 15 is 0 Å². The van der Waals surface area contributed by atoms with Crippen LogP contribution in [0.15, 0.2) is 0 Å². The van der Waals surface area contributed by atoms with Crippen molar-refractivity contribution in [2.24, 2.45) is 11.8 Å². The fourth-order valence-electron chi connectivity index (χ4n) is 1.20. The van der Waals surface area contributed by atoms with Gasteiger partial charge in [0.1, 0.15) is 6.10 Å². The standard InChI is InChI=1S/C7H15O3P.CH3ClO2S/c1-4-3-9-7(10-11)6(8)5(4)2;1-5(2,3)4/h4-8H,3,11H2,1-2H3;1H3/t4-,5-,6+,7?;/m0./s1. The number of aliphatic hydroxyl groups excluding tert-OH is 1. The van der Waals surface area contributed by atoms with Crippen molar-refractivity contribution in [1.82, 2.24) is 0 Å². The second-order valence-corrected chi connectivity index (χ2v) is 7.16. The van der Waals surface area contributed by atoms with Gasteiger partial charge in [0.2, 0.25) is 9.05 Å². The maximum atomic E-state index is 9.54. The van der Waals surface area contributed by atoms with Gasteiger partial charge in [0, 0.05) is 20.1 Å². The van der Waals surface area contributed by atoms with E-state index in [1.165, 1.54) is 0 Å². The minimum atomic E-state index is -3.19. The molecule has 5 nitrogen and oxygen atoms in total. The van der Waals surface area contributed by atoms with E-state index in [9.17, 15) is 13.5 Å². The summed E-state index contributed by atoms with van der Waals surface area (Å²) in [6.45, 7) is 4.73. The average molecular weight is 293 g/mol. The Morgan fingerprint density at radius 3 is 2.31 bits per heavy atom. The van der Waals surface area contributed by atoms with Crippen LogP contribution >= 0.6 is 20.1 Å². The van der Waals surface area contributed by atoms with E-state index in [0.29, 0.717) is 12.5 Å². The maximum Gasteiger partial charge on any atom is 0.229 e. The molecule has 0 spiro atoms. The van der Waals surface area contributed by atoms with Crippen LogP contribution in [0.2, 0.25) is 0 Å². The van der Waals surface area contributed by atoms with Gasteiger partial charge in [-0.2, -0.15) is 0 Å². The lowest BCUT2D eigenvalue weighted by Gasteiger charge is -2.35. The molecule has 1 aliphatic heterocycles. The van der Waals surface area contributed by atoms with Gasteiger partial charge in [-0.25, -0.2) is 8.42 Å². The molecule has 1 aliphatic rings. The highest BCUT2D eigenvalue weighted by atomic mass is 35.7. The molecule has 0 radical (unpaired) electrons. The second kappa shape index (κ2) is 7.09. The lowest BCUT2D eigenvalue weighted by Crippen LogP contribution is -2.44. The summed E-state index contributed by atoms with van der Waals surface area (Å²) in [5, 5.41) is 9.54. The maximum absolute atomic E-state index is 9.54. The van der Waals surface area contributed by atoms with E-state index in [0.717, 1.165) is 6.26 Å². The lowest BCUT2D eigenvalue weighted by molar-refractivity contribution is -0.200. The second-order valence-electron chi connectivity index (χ2n) is 3.85. The third kappa shape index (κ3) is 6.99. The Balaban J connectivity index is 0.000000385. The molecular weight excluding hydrogens is 275 g/mol. The van der Waals surface area contributed by atoms with Gasteiger partial charge < -0.3 is 14.4 Å². The summed E-state index contributed by atoms with van der Waals surface area (Å²) in [6, 6.07) is 0. The number of halogens is 1. The largest absolute Gasteiger partial charge is 0.388 e. The molecule has 0 aromatic rings. The molecule has 1 heterocycles. The summed E-state index contributed by atoms with van der Waals surface area (Å²) in [5.41, 5.74) is 0. The van der Waals surface area contributed by atoms with Crippen LogP contribution in [0.1, 0.15) is 13.8 Å². The summed E-state index contributed by atoms with van der Waals surface area (Å²) in [7, 11) is 3.42. The highest BCUT2D eigenvalue weighted by molar-refractivity contribution is 8.13. The molecule has 98 valence electrons. The third-order valence-electron chi connectivity index (χ3n) is 2.37. The fourth-order valence-corrected chi connectivity index (χ4v) is 1.44. The van der Waals surface area contributed by atoms with Crippen molar-refractivity contribution in [1.29, 1.82) is 0 Å². The number of hydrogen-bond acceptors (Lipinski definition) is 5. The van der Waals surface area contributed by atoms with E-state index in [4.69, 9.17) is 9.26 Å². The van der Waals surface area contributed by atoms with Crippen molar-refractivity contribution in [3.05, 3.63) is 0 Å². The monoisotopic (exact) mass is 292 g/mol. The van der Waals surface area contributed by atoms with E-state index in [-0.39, 0.29) is 5.92 Å². The van der Waals surface area contributed by atoms with Crippen LogP contribution < -0.4 is 0 Å². The van der Waals surface area contributed by atoms with Crippen LogP contribution in [0, 0.1) is 11.8 Å². The zero-order valence-corrected chi connectivity index (χ0v) is 12.2. The molecule has 0 saturated carbocycles. The van der Waals surface area contributed by atoms with Gasteiger partial charge in [0.25, 0.3) is 0 Å². The molecule has 0 aromatic heterocycles. The van der Waals surface area contributed by atoms with Crippen molar-refractivity contribution in [2.75, 3.05) is 12.9 Å². The minimum absolute atomic E-state index is 0.245. The Morgan fingerprint density at radius 1 is 1.50 bits per heavy atom. The van der Waals surface area contributed by atoms with Gasteiger partial charge in [-0.1, -0.05) is 13.8 Å². The highest BCUT2D eigenvalue weighted by Gasteiger charge is 2.34. The van der Waals surface area contributed by atoms with E-state index < -0.39 is 21.4 Å². The SMILES string of the molecule is CS(=O)(=O)Cl.C[C@H]1[C@@H](C)COC(OP)[C@@H]1O. The fraction of sp³-hybridized carbons (Fsp3) is 1.00. The Morgan fingerprint density at radius 2 is 1.94 bits per heavy atom. The van der Waals surface area contributed by atoms with Crippen LogP contribution in [0.25, 0.3) is 0 Å². The summed E-state index contributed by atoms with van der Waals surface area (Å²) in [4.78, 5) is 0. The molecular formula is C8H18ClO5PS. The van der Waals surface area contributed by atoms with E-state index in [2.05, 4.69) is 27.1 Å². The van der Waals surface area contributed by atoms with Crippen molar-refractivity contribution in [3.8, 4) is 0 Å². The molecule has 1 fully saturated rings. The number of hydrogen-bond donors (Lipinski definition) is 1. The molecule has 0 aliphatic carbocycles. The predicted molar refractivity (Wildman–Crippen MR) is 65.6 cm³/mol. The first kappa shape index (κ1) is 16.6. The lowest BCUT2D eigenvalue weighted by atomic mass is 9.89.